The van der Waals surface area contributed by atoms with Crippen LogP contribution in [0.1, 0.15) is 26.5 Å². The molecule has 1 N–H and O–H groups in total. The second-order valence-electron chi connectivity index (χ2n) is 5.51. The molecule has 2 aromatic rings. The zero-order valence-electron chi connectivity index (χ0n) is 14.2. The number of carbonyl (C=O) groups excluding carboxylic acids is 2. The summed E-state index contributed by atoms with van der Waals surface area (Å²) < 4.78 is 31.3. The van der Waals surface area contributed by atoms with Gasteiger partial charge in [-0.05, 0) is 44.2 Å². The molecule has 140 valence electrons. The summed E-state index contributed by atoms with van der Waals surface area (Å²) in [4.78, 5) is 25.7. The summed E-state index contributed by atoms with van der Waals surface area (Å²) in [7, 11) is -3.73. The van der Waals surface area contributed by atoms with Gasteiger partial charge in [-0.25, -0.2) is 13.1 Å². The number of carbonyl (C=O) groups is 2. The van der Waals surface area contributed by atoms with E-state index in [1.807, 2.05) is 13.8 Å². The molecule has 0 radical (unpaired) electrons. The van der Waals surface area contributed by atoms with E-state index in [2.05, 4.69) is 4.72 Å². The summed E-state index contributed by atoms with van der Waals surface area (Å²) >= 11 is 7.22. The second kappa shape index (κ2) is 8.77. The van der Waals surface area contributed by atoms with Crippen molar-refractivity contribution >= 4 is 44.7 Å². The highest BCUT2D eigenvalue weighted by molar-refractivity contribution is 7.89. The Morgan fingerprint density at radius 1 is 1.19 bits per heavy atom. The van der Waals surface area contributed by atoms with Crippen molar-refractivity contribution in [3.05, 3.63) is 50.7 Å². The van der Waals surface area contributed by atoms with Crippen LogP contribution in [0.15, 0.2) is 35.2 Å². The number of thiophene rings is 1. The maximum absolute atomic E-state index is 12.1. The van der Waals surface area contributed by atoms with E-state index in [9.17, 15) is 18.0 Å². The Labute approximate surface area is 161 Å². The molecule has 6 nitrogen and oxygen atoms in total. The second-order valence-corrected chi connectivity index (χ2v) is 9.18. The van der Waals surface area contributed by atoms with Gasteiger partial charge in [-0.1, -0.05) is 11.6 Å². The Balaban J connectivity index is 1.79. The molecule has 2 rings (SSSR count). The van der Waals surface area contributed by atoms with Gasteiger partial charge in [0.1, 0.15) is 0 Å². The minimum atomic E-state index is -3.73. The number of esters is 1. The van der Waals surface area contributed by atoms with Gasteiger partial charge in [0.15, 0.2) is 6.61 Å². The number of ketones is 1. The van der Waals surface area contributed by atoms with Crippen molar-refractivity contribution in [3.63, 3.8) is 0 Å². The maximum atomic E-state index is 12.1. The highest BCUT2D eigenvalue weighted by Gasteiger charge is 2.16. The quantitative estimate of drug-likeness (QED) is 0.528. The van der Waals surface area contributed by atoms with Crippen LogP contribution < -0.4 is 4.72 Å². The minimum absolute atomic E-state index is 0.0498. The van der Waals surface area contributed by atoms with E-state index in [1.165, 1.54) is 35.6 Å². The molecule has 1 aromatic heterocycles. The minimum Gasteiger partial charge on any atom is -0.457 e. The first-order chi connectivity index (χ1) is 12.2. The third kappa shape index (κ3) is 5.63. The van der Waals surface area contributed by atoms with Gasteiger partial charge >= 0.3 is 5.97 Å². The van der Waals surface area contributed by atoms with E-state index in [-0.39, 0.29) is 30.3 Å². The lowest BCUT2D eigenvalue weighted by Crippen LogP contribution is -2.27. The van der Waals surface area contributed by atoms with Gasteiger partial charge in [0.2, 0.25) is 15.8 Å². The Bertz CT molecular complexity index is 904. The van der Waals surface area contributed by atoms with Crippen molar-refractivity contribution in [1.29, 1.82) is 0 Å². The van der Waals surface area contributed by atoms with Gasteiger partial charge in [-0.15, -0.1) is 11.3 Å². The van der Waals surface area contributed by atoms with Gasteiger partial charge in [0.05, 0.1) is 11.3 Å². The molecule has 26 heavy (non-hydrogen) atoms. The molecule has 0 fully saturated rings. The number of sulfonamides is 1. The van der Waals surface area contributed by atoms with Crippen molar-refractivity contribution in [2.75, 3.05) is 13.2 Å². The van der Waals surface area contributed by atoms with Crippen LogP contribution in [0.3, 0.4) is 0 Å². The van der Waals surface area contributed by atoms with Crippen LogP contribution in [-0.2, 0) is 19.6 Å². The number of hydrogen-bond donors (Lipinski definition) is 1. The third-order valence-corrected chi connectivity index (χ3v) is 6.15. The molecule has 1 aromatic carbocycles. The molecule has 0 spiro atoms. The van der Waals surface area contributed by atoms with Gasteiger partial charge < -0.3 is 4.74 Å². The summed E-state index contributed by atoms with van der Waals surface area (Å²) in [6.45, 7) is 3.24. The van der Waals surface area contributed by atoms with Crippen molar-refractivity contribution in [2.45, 2.75) is 25.2 Å². The Morgan fingerprint density at radius 3 is 2.42 bits per heavy atom. The molecule has 1 heterocycles. The van der Waals surface area contributed by atoms with Gasteiger partial charge in [0, 0.05) is 26.9 Å². The molecule has 0 amide bonds. The largest absolute Gasteiger partial charge is 0.457 e. The molecule has 0 saturated carbocycles. The topological polar surface area (TPSA) is 89.5 Å². The predicted octanol–water partition coefficient (Wildman–Crippen LogP) is 3.11. The molecular weight excluding hydrogens is 398 g/mol. The summed E-state index contributed by atoms with van der Waals surface area (Å²) in [6, 6.07) is 7.42. The van der Waals surface area contributed by atoms with E-state index in [1.54, 1.807) is 6.07 Å². The van der Waals surface area contributed by atoms with Crippen LogP contribution in [0.25, 0.3) is 0 Å². The van der Waals surface area contributed by atoms with Crippen molar-refractivity contribution < 1.29 is 22.7 Å². The molecule has 0 aliphatic heterocycles. The fourth-order valence-corrected chi connectivity index (χ4v) is 4.29. The van der Waals surface area contributed by atoms with Crippen LogP contribution in [0.5, 0.6) is 0 Å². The average Bonchev–Trinajstić information content (AvgIpc) is 2.91. The molecule has 0 aliphatic rings. The monoisotopic (exact) mass is 415 g/mol. The highest BCUT2D eigenvalue weighted by atomic mass is 35.5. The number of rotatable bonds is 8. The van der Waals surface area contributed by atoms with Gasteiger partial charge in [0.25, 0.3) is 0 Å². The molecule has 9 heteroatoms. The summed E-state index contributed by atoms with van der Waals surface area (Å²) in [5, 5.41) is 0.424. The van der Waals surface area contributed by atoms with Crippen LogP contribution >= 0.6 is 22.9 Å². The third-order valence-electron chi connectivity index (χ3n) is 3.45. The van der Waals surface area contributed by atoms with Crippen molar-refractivity contribution in [1.82, 2.24) is 4.72 Å². The van der Waals surface area contributed by atoms with E-state index in [4.69, 9.17) is 16.3 Å². The number of ether oxygens (including phenoxy) is 1. The van der Waals surface area contributed by atoms with Gasteiger partial charge in [-0.3, -0.25) is 9.59 Å². The standard InChI is InChI=1S/C17H18ClNO5S2/c1-11-9-15(12(2)25-11)16(20)10-24-17(21)7-8-19-26(22,23)14-5-3-13(18)4-6-14/h3-6,9,19H,7-8,10H2,1-2H3. The molecule has 0 bridgehead atoms. The fourth-order valence-electron chi connectivity index (χ4n) is 2.19. The summed E-state index contributed by atoms with van der Waals surface area (Å²) in [5.74, 6) is -0.927. The number of aryl methyl sites for hydroxylation is 2. The van der Waals surface area contributed by atoms with E-state index in [0.717, 1.165) is 9.75 Å². The van der Waals surface area contributed by atoms with Crippen LogP contribution in [0.2, 0.25) is 5.02 Å². The van der Waals surface area contributed by atoms with Crippen molar-refractivity contribution in [2.24, 2.45) is 0 Å². The Kier molecular flexibility index (Phi) is 6.94. The van der Waals surface area contributed by atoms with Gasteiger partial charge in [-0.2, -0.15) is 0 Å². The van der Waals surface area contributed by atoms with E-state index < -0.39 is 16.0 Å². The molecular formula is C17H18ClNO5S2. The smallest absolute Gasteiger partial charge is 0.307 e. The fraction of sp³-hybridized carbons (Fsp3) is 0.294. The normalized spacial score (nSPS) is 11.3. The zero-order chi connectivity index (χ0) is 19.3. The lowest BCUT2D eigenvalue weighted by molar-refractivity contribution is -0.142. The average molecular weight is 416 g/mol. The summed E-state index contributed by atoms with van der Waals surface area (Å²) in [6.07, 6.45) is -0.179. The molecule has 0 unspecified atom stereocenters. The lowest BCUT2D eigenvalue weighted by atomic mass is 10.2. The lowest BCUT2D eigenvalue weighted by Gasteiger charge is -2.07. The molecule has 0 atom stereocenters. The zero-order valence-corrected chi connectivity index (χ0v) is 16.6. The number of Topliss-reactive ketones (excluding diaryl/α,β-unsaturated/α-hetero) is 1. The number of halogens is 1. The summed E-state index contributed by atoms with van der Waals surface area (Å²) in [5.41, 5.74) is 0.545. The Hall–Kier alpha value is -1.74. The number of nitrogens with one attached hydrogen (secondary N) is 1. The number of hydrogen-bond acceptors (Lipinski definition) is 6. The molecule has 0 aliphatic carbocycles. The predicted molar refractivity (Wildman–Crippen MR) is 100 cm³/mol. The first-order valence-electron chi connectivity index (χ1n) is 7.70. The van der Waals surface area contributed by atoms with E-state index in [0.29, 0.717) is 10.6 Å². The molecule has 0 saturated heterocycles. The van der Waals surface area contributed by atoms with Crippen LogP contribution in [0, 0.1) is 13.8 Å². The Morgan fingerprint density at radius 2 is 1.85 bits per heavy atom. The highest BCUT2D eigenvalue weighted by Crippen LogP contribution is 2.21. The first kappa shape index (κ1) is 20.6. The number of benzene rings is 1. The first-order valence-corrected chi connectivity index (χ1v) is 10.4. The van der Waals surface area contributed by atoms with Crippen molar-refractivity contribution in [3.8, 4) is 0 Å². The van der Waals surface area contributed by atoms with Crippen LogP contribution in [-0.4, -0.2) is 33.3 Å². The SMILES string of the molecule is Cc1cc(C(=O)COC(=O)CCNS(=O)(=O)c2ccc(Cl)cc2)c(C)s1. The van der Waals surface area contributed by atoms with E-state index >= 15 is 0 Å². The maximum Gasteiger partial charge on any atom is 0.307 e. The van der Waals surface area contributed by atoms with Crippen LogP contribution in [0.4, 0.5) is 0 Å².